The molecule has 8 heteroatoms. The van der Waals surface area contributed by atoms with Crippen molar-refractivity contribution in [2.45, 2.75) is 32.6 Å². The molecular weight excluding hydrogens is 352 g/mol. The lowest BCUT2D eigenvalue weighted by molar-refractivity contribution is 0.0526. The van der Waals surface area contributed by atoms with E-state index in [4.69, 9.17) is 10.5 Å². The SMILES string of the molecule is CCOC(=O)c1ccc(C)c(S(=O)(=O)N(C)CC(C)(C)CN)c1.Cl. The van der Waals surface area contributed by atoms with Crippen LogP contribution in [0.2, 0.25) is 0 Å². The maximum absolute atomic E-state index is 12.8. The highest BCUT2D eigenvalue weighted by molar-refractivity contribution is 7.89. The van der Waals surface area contributed by atoms with Crippen LogP contribution in [-0.4, -0.2) is 45.4 Å². The van der Waals surface area contributed by atoms with E-state index >= 15 is 0 Å². The fourth-order valence-electron chi connectivity index (χ4n) is 2.14. The van der Waals surface area contributed by atoms with E-state index in [1.807, 2.05) is 13.8 Å². The van der Waals surface area contributed by atoms with Gasteiger partial charge in [-0.1, -0.05) is 19.9 Å². The number of carbonyl (C=O) groups excluding carboxylic acids is 1. The molecule has 0 fully saturated rings. The number of aryl methyl sites for hydroxylation is 1. The van der Waals surface area contributed by atoms with E-state index in [-0.39, 0.29) is 41.4 Å². The summed E-state index contributed by atoms with van der Waals surface area (Å²) in [5.74, 6) is -0.533. The van der Waals surface area contributed by atoms with Gasteiger partial charge in [0, 0.05) is 13.6 Å². The van der Waals surface area contributed by atoms with Crippen LogP contribution in [0.15, 0.2) is 23.1 Å². The second-order valence-corrected chi connectivity index (χ2v) is 8.34. The molecule has 138 valence electrons. The number of hydrogen-bond donors (Lipinski definition) is 1. The Kier molecular flexibility index (Phi) is 8.38. The van der Waals surface area contributed by atoms with Crippen LogP contribution < -0.4 is 5.73 Å². The molecule has 0 unspecified atom stereocenters. The second kappa shape index (κ2) is 8.80. The van der Waals surface area contributed by atoms with E-state index in [2.05, 4.69) is 0 Å². The first-order chi connectivity index (χ1) is 10.5. The summed E-state index contributed by atoms with van der Waals surface area (Å²) in [5.41, 5.74) is 6.15. The molecule has 0 bridgehead atoms. The van der Waals surface area contributed by atoms with Crippen molar-refractivity contribution in [1.82, 2.24) is 4.31 Å². The highest BCUT2D eigenvalue weighted by Gasteiger charge is 2.29. The molecule has 0 atom stereocenters. The summed E-state index contributed by atoms with van der Waals surface area (Å²) in [4.78, 5) is 11.9. The molecule has 24 heavy (non-hydrogen) atoms. The Hall–Kier alpha value is -1.15. The molecule has 1 aromatic rings. The predicted molar refractivity (Wildman–Crippen MR) is 97.0 cm³/mol. The van der Waals surface area contributed by atoms with Gasteiger partial charge >= 0.3 is 5.97 Å². The Morgan fingerprint density at radius 2 is 1.92 bits per heavy atom. The fraction of sp³-hybridized carbons (Fsp3) is 0.562. The average molecular weight is 379 g/mol. The minimum Gasteiger partial charge on any atom is -0.462 e. The number of ether oxygens (including phenoxy) is 1. The van der Waals surface area contributed by atoms with Gasteiger partial charge in [-0.25, -0.2) is 17.5 Å². The predicted octanol–water partition coefficient (Wildman–Crippen LogP) is 2.20. The first-order valence-electron chi connectivity index (χ1n) is 7.49. The van der Waals surface area contributed by atoms with Crippen molar-refractivity contribution < 1.29 is 17.9 Å². The summed E-state index contributed by atoms with van der Waals surface area (Å²) >= 11 is 0. The number of sulfonamides is 1. The van der Waals surface area contributed by atoms with Crippen molar-refractivity contribution in [3.05, 3.63) is 29.3 Å². The van der Waals surface area contributed by atoms with Crippen molar-refractivity contribution in [2.75, 3.05) is 26.7 Å². The minimum absolute atomic E-state index is 0. The Labute approximate surface area is 150 Å². The van der Waals surface area contributed by atoms with Gasteiger partial charge in [0.25, 0.3) is 0 Å². The molecule has 0 saturated heterocycles. The number of hydrogen-bond acceptors (Lipinski definition) is 5. The Balaban J connectivity index is 0.00000529. The van der Waals surface area contributed by atoms with Crippen molar-refractivity contribution >= 4 is 28.4 Å². The third-order valence-electron chi connectivity index (χ3n) is 3.59. The van der Waals surface area contributed by atoms with Crippen LogP contribution >= 0.6 is 12.4 Å². The van der Waals surface area contributed by atoms with Gasteiger partial charge in [-0.05, 0) is 43.5 Å². The molecular formula is C16H27ClN2O4S. The number of benzene rings is 1. The van der Waals surface area contributed by atoms with Gasteiger partial charge in [-0.15, -0.1) is 12.4 Å². The summed E-state index contributed by atoms with van der Waals surface area (Å²) in [6, 6.07) is 4.55. The molecule has 0 aliphatic rings. The zero-order chi connectivity index (χ0) is 17.8. The van der Waals surface area contributed by atoms with Gasteiger partial charge in [0.05, 0.1) is 17.1 Å². The van der Waals surface area contributed by atoms with Gasteiger partial charge in [0.2, 0.25) is 10.0 Å². The van der Waals surface area contributed by atoms with E-state index in [0.717, 1.165) is 0 Å². The highest BCUT2D eigenvalue weighted by Crippen LogP contribution is 2.24. The van der Waals surface area contributed by atoms with E-state index in [1.165, 1.54) is 17.4 Å². The number of halogens is 1. The van der Waals surface area contributed by atoms with Crippen LogP contribution in [0.1, 0.15) is 36.7 Å². The number of nitrogens with two attached hydrogens (primary N) is 1. The zero-order valence-corrected chi connectivity index (χ0v) is 16.5. The molecule has 1 rings (SSSR count). The number of rotatable bonds is 7. The lowest BCUT2D eigenvalue weighted by Gasteiger charge is -2.29. The largest absolute Gasteiger partial charge is 0.462 e. The molecule has 0 radical (unpaired) electrons. The Morgan fingerprint density at radius 3 is 2.42 bits per heavy atom. The summed E-state index contributed by atoms with van der Waals surface area (Å²) < 4.78 is 31.8. The summed E-state index contributed by atoms with van der Waals surface area (Å²) in [5, 5.41) is 0. The van der Waals surface area contributed by atoms with Crippen molar-refractivity contribution in [2.24, 2.45) is 11.1 Å². The molecule has 0 aromatic heterocycles. The third-order valence-corrected chi connectivity index (χ3v) is 5.54. The molecule has 2 N–H and O–H groups in total. The van der Waals surface area contributed by atoms with Crippen LogP contribution in [0.3, 0.4) is 0 Å². The van der Waals surface area contributed by atoms with Crippen molar-refractivity contribution in [1.29, 1.82) is 0 Å². The first kappa shape index (κ1) is 22.9. The van der Waals surface area contributed by atoms with Gasteiger partial charge < -0.3 is 10.5 Å². The maximum Gasteiger partial charge on any atom is 0.338 e. The number of nitrogens with zero attached hydrogens (tertiary/aromatic N) is 1. The number of esters is 1. The summed E-state index contributed by atoms with van der Waals surface area (Å²) in [7, 11) is -2.20. The normalized spacial score (nSPS) is 12.0. The maximum atomic E-state index is 12.8. The smallest absolute Gasteiger partial charge is 0.338 e. The van der Waals surface area contributed by atoms with E-state index < -0.39 is 16.0 Å². The van der Waals surface area contributed by atoms with E-state index in [0.29, 0.717) is 12.1 Å². The average Bonchev–Trinajstić information content (AvgIpc) is 2.47. The lowest BCUT2D eigenvalue weighted by Crippen LogP contribution is -2.40. The Morgan fingerprint density at radius 1 is 1.33 bits per heavy atom. The quantitative estimate of drug-likeness (QED) is 0.734. The van der Waals surface area contributed by atoms with Crippen LogP contribution in [0, 0.1) is 12.3 Å². The van der Waals surface area contributed by atoms with Crippen LogP contribution in [-0.2, 0) is 14.8 Å². The molecule has 0 amide bonds. The minimum atomic E-state index is -3.71. The first-order valence-corrected chi connectivity index (χ1v) is 8.93. The molecule has 0 heterocycles. The van der Waals surface area contributed by atoms with Gasteiger partial charge in [0.15, 0.2) is 0 Å². The van der Waals surface area contributed by atoms with E-state index in [9.17, 15) is 13.2 Å². The molecule has 0 aliphatic heterocycles. The summed E-state index contributed by atoms with van der Waals surface area (Å²) in [6.07, 6.45) is 0. The van der Waals surface area contributed by atoms with Gasteiger partial charge in [-0.2, -0.15) is 0 Å². The number of carbonyl (C=O) groups is 1. The van der Waals surface area contributed by atoms with Crippen molar-refractivity contribution in [3.8, 4) is 0 Å². The van der Waals surface area contributed by atoms with E-state index in [1.54, 1.807) is 26.0 Å². The third kappa shape index (κ3) is 5.44. The highest BCUT2D eigenvalue weighted by atomic mass is 35.5. The molecule has 0 spiro atoms. The zero-order valence-electron chi connectivity index (χ0n) is 14.8. The lowest BCUT2D eigenvalue weighted by atomic mass is 9.94. The van der Waals surface area contributed by atoms with Crippen LogP contribution in [0.25, 0.3) is 0 Å². The second-order valence-electron chi connectivity index (χ2n) is 6.33. The molecule has 0 saturated carbocycles. The molecule has 0 aliphatic carbocycles. The van der Waals surface area contributed by atoms with Crippen LogP contribution in [0.5, 0.6) is 0 Å². The van der Waals surface area contributed by atoms with Crippen LogP contribution in [0.4, 0.5) is 0 Å². The Bertz CT molecular complexity index is 675. The molecule has 1 aromatic carbocycles. The van der Waals surface area contributed by atoms with Gasteiger partial charge in [-0.3, -0.25) is 0 Å². The summed E-state index contributed by atoms with van der Waals surface area (Å²) in [6.45, 7) is 8.10. The fourth-order valence-corrected chi connectivity index (χ4v) is 3.75. The van der Waals surface area contributed by atoms with Gasteiger partial charge in [0.1, 0.15) is 0 Å². The standard InChI is InChI=1S/C16H26N2O4S.ClH/c1-6-22-15(19)13-8-7-12(2)14(9-13)23(20,21)18(5)11-16(3,4)10-17;/h7-9H,6,10-11,17H2,1-5H3;1H. The van der Waals surface area contributed by atoms with Crippen molar-refractivity contribution in [3.63, 3.8) is 0 Å². The molecule has 6 nitrogen and oxygen atoms in total. The topological polar surface area (TPSA) is 89.7 Å². The monoisotopic (exact) mass is 378 g/mol.